The highest BCUT2D eigenvalue weighted by Crippen LogP contribution is 2.28. The monoisotopic (exact) mass is 283 g/mol. The fourth-order valence-corrected chi connectivity index (χ4v) is 2.76. The molecule has 1 aromatic heterocycles. The van der Waals surface area contributed by atoms with E-state index in [4.69, 9.17) is 4.74 Å². The van der Waals surface area contributed by atoms with E-state index in [9.17, 15) is 0 Å². The van der Waals surface area contributed by atoms with Crippen LogP contribution < -0.4 is 9.64 Å². The number of benzene rings is 1. The molecular formula is C17H21N3O. The number of hydrogen-bond acceptors (Lipinski definition) is 4. The third kappa shape index (κ3) is 3.34. The minimum Gasteiger partial charge on any atom is -0.495 e. The van der Waals surface area contributed by atoms with Crippen molar-refractivity contribution in [3.05, 3.63) is 54.4 Å². The van der Waals surface area contributed by atoms with Crippen molar-refractivity contribution in [3.8, 4) is 5.75 Å². The van der Waals surface area contributed by atoms with Crippen LogP contribution in [0.25, 0.3) is 0 Å². The van der Waals surface area contributed by atoms with Crippen molar-refractivity contribution in [1.29, 1.82) is 0 Å². The van der Waals surface area contributed by atoms with Gasteiger partial charge in [0.25, 0.3) is 0 Å². The lowest BCUT2D eigenvalue weighted by Gasteiger charge is -2.36. The van der Waals surface area contributed by atoms with Gasteiger partial charge in [0.2, 0.25) is 0 Å². The zero-order valence-corrected chi connectivity index (χ0v) is 12.4. The molecule has 2 aromatic rings. The molecule has 2 heterocycles. The molecule has 1 saturated heterocycles. The average molecular weight is 283 g/mol. The molecule has 1 aromatic carbocycles. The molecule has 0 amide bonds. The summed E-state index contributed by atoms with van der Waals surface area (Å²) in [4.78, 5) is 9.25. The number of aromatic nitrogens is 1. The summed E-state index contributed by atoms with van der Waals surface area (Å²) in [7, 11) is 1.73. The van der Waals surface area contributed by atoms with Crippen LogP contribution in [0.1, 0.15) is 5.69 Å². The van der Waals surface area contributed by atoms with Gasteiger partial charge in [0.15, 0.2) is 0 Å². The fraction of sp³-hybridized carbons (Fsp3) is 0.353. The molecule has 110 valence electrons. The molecule has 1 fully saturated rings. The lowest BCUT2D eigenvalue weighted by molar-refractivity contribution is 0.246. The van der Waals surface area contributed by atoms with E-state index in [0.29, 0.717) is 0 Å². The summed E-state index contributed by atoms with van der Waals surface area (Å²) in [5.74, 6) is 0.954. The van der Waals surface area contributed by atoms with E-state index < -0.39 is 0 Å². The normalized spacial score (nSPS) is 16.0. The van der Waals surface area contributed by atoms with Crippen LogP contribution in [-0.2, 0) is 6.54 Å². The Morgan fingerprint density at radius 2 is 1.76 bits per heavy atom. The van der Waals surface area contributed by atoms with Crippen molar-refractivity contribution in [2.24, 2.45) is 0 Å². The van der Waals surface area contributed by atoms with Gasteiger partial charge in [0.1, 0.15) is 5.75 Å². The van der Waals surface area contributed by atoms with Gasteiger partial charge in [-0.15, -0.1) is 0 Å². The van der Waals surface area contributed by atoms with Crippen LogP contribution in [0.3, 0.4) is 0 Å². The third-order valence-electron chi connectivity index (χ3n) is 3.91. The molecule has 4 nitrogen and oxygen atoms in total. The summed E-state index contributed by atoms with van der Waals surface area (Å²) in [6.07, 6.45) is 1.86. The van der Waals surface area contributed by atoms with Crippen molar-refractivity contribution in [2.45, 2.75) is 6.54 Å². The van der Waals surface area contributed by atoms with E-state index in [1.165, 1.54) is 5.69 Å². The van der Waals surface area contributed by atoms with Crippen LogP contribution in [0.15, 0.2) is 48.7 Å². The summed E-state index contributed by atoms with van der Waals surface area (Å²) < 4.78 is 5.46. The number of anilines is 1. The SMILES string of the molecule is COc1ccccc1N1CCN(Cc2ccccn2)CC1. The molecule has 21 heavy (non-hydrogen) atoms. The number of hydrogen-bond donors (Lipinski definition) is 0. The van der Waals surface area contributed by atoms with Crippen molar-refractivity contribution in [3.63, 3.8) is 0 Å². The van der Waals surface area contributed by atoms with Crippen molar-refractivity contribution in [1.82, 2.24) is 9.88 Å². The van der Waals surface area contributed by atoms with Crippen molar-refractivity contribution < 1.29 is 4.74 Å². The molecule has 0 bridgehead atoms. The fourth-order valence-electron chi connectivity index (χ4n) is 2.76. The molecular weight excluding hydrogens is 262 g/mol. The van der Waals surface area contributed by atoms with E-state index in [2.05, 4.69) is 33.0 Å². The first-order chi connectivity index (χ1) is 10.4. The third-order valence-corrected chi connectivity index (χ3v) is 3.91. The van der Waals surface area contributed by atoms with E-state index in [1.807, 2.05) is 30.5 Å². The van der Waals surface area contributed by atoms with Gasteiger partial charge in [-0.3, -0.25) is 9.88 Å². The van der Waals surface area contributed by atoms with Gasteiger partial charge >= 0.3 is 0 Å². The molecule has 4 heteroatoms. The highest BCUT2D eigenvalue weighted by atomic mass is 16.5. The van der Waals surface area contributed by atoms with E-state index in [-0.39, 0.29) is 0 Å². The molecule has 0 atom stereocenters. The summed E-state index contributed by atoms with van der Waals surface area (Å²) in [5, 5.41) is 0. The molecule has 0 aliphatic carbocycles. The van der Waals surface area contributed by atoms with Gasteiger partial charge in [-0.25, -0.2) is 0 Å². The summed E-state index contributed by atoms with van der Waals surface area (Å²) >= 11 is 0. The Morgan fingerprint density at radius 1 is 1.00 bits per heavy atom. The number of rotatable bonds is 4. The lowest BCUT2D eigenvalue weighted by Crippen LogP contribution is -2.46. The minimum atomic E-state index is 0.931. The second-order valence-corrected chi connectivity index (χ2v) is 5.26. The van der Waals surface area contributed by atoms with Gasteiger partial charge in [-0.05, 0) is 24.3 Å². The average Bonchev–Trinajstić information content (AvgIpc) is 2.56. The van der Waals surface area contributed by atoms with Crippen molar-refractivity contribution in [2.75, 3.05) is 38.2 Å². The van der Waals surface area contributed by atoms with Crippen LogP contribution >= 0.6 is 0 Å². The first kappa shape index (κ1) is 13.9. The zero-order valence-electron chi connectivity index (χ0n) is 12.4. The number of methoxy groups -OCH3 is 1. The maximum atomic E-state index is 5.46. The first-order valence-corrected chi connectivity index (χ1v) is 7.37. The molecule has 1 aliphatic heterocycles. The largest absolute Gasteiger partial charge is 0.495 e. The highest BCUT2D eigenvalue weighted by molar-refractivity contribution is 5.58. The molecule has 0 N–H and O–H groups in total. The quantitative estimate of drug-likeness (QED) is 0.861. The number of ether oxygens (including phenoxy) is 1. The second kappa shape index (κ2) is 6.59. The van der Waals surface area contributed by atoms with E-state index in [1.54, 1.807) is 7.11 Å². The summed E-state index contributed by atoms with van der Waals surface area (Å²) in [6.45, 7) is 5.07. The molecule has 3 rings (SSSR count). The second-order valence-electron chi connectivity index (χ2n) is 5.26. The molecule has 0 spiro atoms. The number of nitrogens with zero attached hydrogens (tertiary/aromatic N) is 3. The van der Waals surface area contributed by atoms with Gasteiger partial charge < -0.3 is 9.64 Å². The highest BCUT2D eigenvalue weighted by Gasteiger charge is 2.19. The Labute approximate surface area is 126 Å². The van der Waals surface area contributed by atoms with Crippen LogP contribution in [0.2, 0.25) is 0 Å². The zero-order chi connectivity index (χ0) is 14.5. The smallest absolute Gasteiger partial charge is 0.142 e. The lowest BCUT2D eigenvalue weighted by atomic mass is 10.2. The van der Waals surface area contributed by atoms with Gasteiger partial charge in [-0.1, -0.05) is 18.2 Å². The van der Waals surface area contributed by atoms with Gasteiger partial charge in [0.05, 0.1) is 18.5 Å². The Bertz CT molecular complexity index is 565. The number of para-hydroxylation sites is 2. The molecule has 0 saturated carbocycles. The maximum absolute atomic E-state index is 5.46. The Balaban J connectivity index is 1.60. The van der Waals surface area contributed by atoms with Crippen LogP contribution in [0.5, 0.6) is 5.75 Å². The first-order valence-electron chi connectivity index (χ1n) is 7.37. The minimum absolute atomic E-state index is 0.931. The van der Waals surface area contributed by atoms with Gasteiger partial charge in [0, 0.05) is 38.9 Å². The summed E-state index contributed by atoms with van der Waals surface area (Å²) in [5.41, 5.74) is 2.33. The maximum Gasteiger partial charge on any atom is 0.142 e. The van der Waals surface area contributed by atoms with Crippen molar-refractivity contribution >= 4 is 5.69 Å². The molecule has 1 aliphatic rings. The van der Waals surface area contributed by atoms with Crippen LogP contribution in [0, 0.1) is 0 Å². The number of pyridine rings is 1. The predicted molar refractivity (Wildman–Crippen MR) is 84.7 cm³/mol. The number of piperazine rings is 1. The Kier molecular flexibility index (Phi) is 4.36. The van der Waals surface area contributed by atoms with E-state index >= 15 is 0 Å². The summed E-state index contributed by atoms with van der Waals surface area (Å²) in [6, 6.07) is 14.3. The van der Waals surface area contributed by atoms with Crippen LogP contribution in [0.4, 0.5) is 5.69 Å². The predicted octanol–water partition coefficient (Wildman–Crippen LogP) is 2.41. The topological polar surface area (TPSA) is 28.6 Å². The van der Waals surface area contributed by atoms with E-state index in [0.717, 1.165) is 44.2 Å². The Hall–Kier alpha value is -2.07. The molecule has 0 radical (unpaired) electrons. The van der Waals surface area contributed by atoms with Crippen LogP contribution in [-0.4, -0.2) is 43.2 Å². The standard InChI is InChI=1S/C17H21N3O/c1-21-17-8-3-2-7-16(17)20-12-10-19(11-13-20)14-15-6-4-5-9-18-15/h2-9H,10-14H2,1H3. The Morgan fingerprint density at radius 3 is 2.48 bits per heavy atom. The molecule has 0 unspecified atom stereocenters. The van der Waals surface area contributed by atoms with Gasteiger partial charge in [-0.2, -0.15) is 0 Å².